The van der Waals surface area contributed by atoms with E-state index in [0.717, 1.165) is 10.7 Å². The monoisotopic (exact) mass is 275 g/mol. The molecule has 0 spiro atoms. The molecule has 0 aliphatic carbocycles. The van der Waals surface area contributed by atoms with E-state index < -0.39 is 0 Å². The maximum atomic E-state index is 12.7. The molecule has 0 bridgehead atoms. The predicted molar refractivity (Wildman–Crippen MR) is 70.6 cm³/mol. The molecule has 0 radical (unpaired) electrons. The highest BCUT2D eigenvalue weighted by Gasteiger charge is 2.07. The summed E-state index contributed by atoms with van der Waals surface area (Å²) in [6.45, 7) is 0.352. The predicted octanol–water partition coefficient (Wildman–Crippen LogP) is 2.46. The second-order valence-electron chi connectivity index (χ2n) is 4.01. The zero-order chi connectivity index (χ0) is 13.2. The number of carbonyl (C=O) groups excluding carboxylic acids is 1. The molecule has 0 atom stereocenters. The summed E-state index contributed by atoms with van der Waals surface area (Å²) in [5, 5.41) is 4.70. The van der Waals surface area contributed by atoms with E-state index in [0.29, 0.717) is 12.1 Å². The number of amides is 1. The first kappa shape index (κ1) is 11.9. The fourth-order valence-corrected chi connectivity index (χ4v) is 2.45. The smallest absolute Gasteiger partial charge is 0.251 e. The van der Waals surface area contributed by atoms with Gasteiger partial charge in [0.25, 0.3) is 5.91 Å². The molecule has 2 heterocycles. The van der Waals surface area contributed by atoms with E-state index >= 15 is 0 Å². The number of rotatable bonds is 3. The minimum absolute atomic E-state index is 0.239. The molecule has 3 rings (SSSR count). The van der Waals surface area contributed by atoms with Crippen molar-refractivity contribution in [3.63, 3.8) is 0 Å². The van der Waals surface area contributed by atoms with Gasteiger partial charge in [-0.15, -0.1) is 11.3 Å². The Morgan fingerprint density at radius 2 is 2.16 bits per heavy atom. The molecule has 0 unspecified atom stereocenters. The number of carbonyl (C=O) groups is 1. The Labute approximate surface area is 112 Å². The third kappa shape index (κ3) is 2.48. The van der Waals surface area contributed by atoms with Crippen LogP contribution in [0.25, 0.3) is 4.96 Å². The van der Waals surface area contributed by atoms with Crippen LogP contribution >= 0.6 is 11.3 Å². The summed E-state index contributed by atoms with van der Waals surface area (Å²) >= 11 is 1.54. The number of hydrogen-bond acceptors (Lipinski definition) is 3. The summed E-state index contributed by atoms with van der Waals surface area (Å²) in [4.78, 5) is 17.1. The first-order valence-corrected chi connectivity index (χ1v) is 6.55. The normalized spacial score (nSPS) is 10.8. The first-order chi connectivity index (χ1) is 9.22. The van der Waals surface area contributed by atoms with Gasteiger partial charge in [0.15, 0.2) is 4.96 Å². The van der Waals surface area contributed by atoms with Crippen LogP contribution in [0, 0.1) is 5.82 Å². The molecule has 0 saturated heterocycles. The molecule has 1 aromatic carbocycles. The van der Waals surface area contributed by atoms with Crippen LogP contribution in [-0.4, -0.2) is 15.3 Å². The van der Waals surface area contributed by atoms with Gasteiger partial charge < -0.3 is 5.32 Å². The number of aromatic nitrogens is 2. The van der Waals surface area contributed by atoms with Gasteiger partial charge in [-0.25, -0.2) is 9.37 Å². The standard InChI is InChI=1S/C13H10FN3OS/c14-10-3-1-9(2-4-10)12(18)15-7-11-8-17-5-6-19-13(17)16-11/h1-6,8H,7H2,(H,15,18). The lowest BCUT2D eigenvalue weighted by Gasteiger charge is -2.02. The van der Waals surface area contributed by atoms with Crippen molar-refractivity contribution in [2.24, 2.45) is 0 Å². The zero-order valence-electron chi connectivity index (χ0n) is 9.84. The van der Waals surface area contributed by atoms with E-state index in [4.69, 9.17) is 0 Å². The molecule has 0 aliphatic heterocycles. The fourth-order valence-electron chi connectivity index (χ4n) is 1.74. The highest BCUT2D eigenvalue weighted by molar-refractivity contribution is 7.15. The molecule has 2 aromatic heterocycles. The number of imidazole rings is 1. The molecule has 0 saturated carbocycles. The van der Waals surface area contributed by atoms with Crippen molar-refractivity contribution in [3.05, 3.63) is 59.1 Å². The highest BCUT2D eigenvalue weighted by atomic mass is 32.1. The molecule has 1 N–H and O–H groups in total. The number of hydrogen-bond donors (Lipinski definition) is 1. The van der Waals surface area contributed by atoms with Gasteiger partial charge >= 0.3 is 0 Å². The second kappa shape index (κ2) is 4.81. The lowest BCUT2D eigenvalue weighted by atomic mass is 10.2. The van der Waals surface area contributed by atoms with Gasteiger partial charge in [0.2, 0.25) is 0 Å². The summed E-state index contributed by atoms with van der Waals surface area (Å²) in [5.74, 6) is -0.595. The fraction of sp³-hybridized carbons (Fsp3) is 0.0769. The Morgan fingerprint density at radius 3 is 2.89 bits per heavy atom. The van der Waals surface area contributed by atoms with Gasteiger partial charge in [0.1, 0.15) is 5.82 Å². The van der Waals surface area contributed by atoms with E-state index in [1.165, 1.54) is 35.6 Å². The maximum Gasteiger partial charge on any atom is 0.251 e. The molecule has 1 amide bonds. The van der Waals surface area contributed by atoms with Gasteiger partial charge in [0, 0.05) is 23.3 Å². The molecule has 0 fully saturated rings. The summed E-state index contributed by atoms with van der Waals surface area (Å²) < 4.78 is 14.6. The quantitative estimate of drug-likeness (QED) is 0.798. The zero-order valence-corrected chi connectivity index (χ0v) is 10.7. The van der Waals surface area contributed by atoms with E-state index in [1.807, 2.05) is 22.2 Å². The number of nitrogens with one attached hydrogen (secondary N) is 1. The first-order valence-electron chi connectivity index (χ1n) is 5.67. The molecule has 3 aromatic rings. The molecule has 6 heteroatoms. The minimum atomic E-state index is -0.356. The van der Waals surface area contributed by atoms with Gasteiger partial charge in [-0.1, -0.05) is 0 Å². The summed E-state index contributed by atoms with van der Waals surface area (Å²) in [7, 11) is 0. The number of thiazole rings is 1. The molecule has 96 valence electrons. The SMILES string of the molecule is O=C(NCc1cn2ccsc2n1)c1ccc(F)cc1. The molecular formula is C13H10FN3OS. The van der Waals surface area contributed by atoms with Crippen molar-refractivity contribution in [3.8, 4) is 0 Å². The Hall–Kier alpha value is -2.21. The topological polar surface area (TPSA) is 46.4 Å². The molecule has 19 heavy (non-hydrogen) atoms. The van der Waals surface area contributed by atoms with Gasteiger partial charge in [-0.2, -0.15) is 0 Å². The number of benzene rings is 1. The molecular weight excluding hydrogens is 265 g/mol. The Kier molecular flexibility index (Phi) is 3.00. The van der Waals surface area contributed by atoms with Crippen LogP contribution in [0.3, 0.4) is 0 Å². The third-order valence-corrected chi connectivity index (χ3v) is 3.45. The van der Waals surface area contributed by atoms with Crippen LogP contribution in [0.1, 0.15) is 16.1 Å². The lowest BCUT2D eigenvalue weighted by Crippen LogP contribution is -2.22. The van der Waals surface area contributed by atoms with E-state index in [9.17, 15) is 9.18 Å². The summed E-state index contributed by atoms with van der Waals surface area (Å²) in [6.07, 6.45) is 3.79. The van der Waals surface area contributed by atoms with Crippen molar-refractivity contribution in [1.82, 2.24) is 14.7 Å². The highest BCUT2D eigenvalue weighted by Crippen LogP contribution is 2.11. The van der Waals surface area contributed by atoms with Crippen LogP contribution in [0.15, 0.2) is 42.0 Å². The lowest BCUT2D eigenvalue weighted by molar-refractivity contribution is 0.0950. The van der Waals surface area contributed by atoms with Crippen LogP contribution in [0.2, 0.25) is 0 Å². The molecule has 4 nitrogen and oxygen atoms in total. The van der Waals surface area contributed by atoms with Gasteiger partial charge in [0.05, 0.1) is 12.2 Å². The van der Waals surface area contributed by atoms with E-state index in [2.05, 4.69) is 10.3 Å². The van der Waals surface area contributed by atoms with Crippen molar-refractivity contribution in [2.45, 2.75) is 6.54 Å². The van der Waals surface area contributed by atoms with Crippen molar-refractivity contribution < 1.29 is 9.18 Å². The maximum absolute atomic E-state index is 12.7. The number of fused-ring (bicyclic) bond motifs is 1. The van der Waals surface area contributed by atoms with Crippen LogP contribution in [0.4, 0.5) is 4.39 Å². The van der Waals surface area contributed by atoms with Crippen molar-refractivity contribution >= 4 is 22.2 Å². The average molecular weight is 275 g/mol. The Balaban J connectivity index is 1.67. The van der Waals surface area contributed by atoms with Crippen LogP contribution in [-0.2, 0) is 6.54 Å². The third-order valence-electron chi connectivity index (χ3n) is 2.68. The van der Waals surface area contributed by atoms with Gasteiger partial charge in [-0.3, -0.25) is 9.20 Å². The second-order valence-corrected chi connectivity index (χ2v) is 4.89. The van der Waals surface area contributed by atoms with E-state index in [-0.39, 0.29) is 11.7 Å². The van der Waals surface area contributed by atoms with Gasteiger partial charge in [-0.05, 0) is 24.3 Å². The van der Waals surface area contributed by atoms with Crippen molar-refractivity contribution in [2.75, 3.05) is 0 Å². The Morgan fingerprint density at radius 1 is 1.37 bits per heavy atom. The Bertz CT molecular complexity index is 688. The largest absolute Gasteiger partial charge is 0.346 e. The number of nitrogens with zero attached hydrogens (tertiary/aromatic N) is 2. The average Bonchev–Trinajstić information content (AvgIpc) is 2.97. The molecule has 0 aliphatic rings. The van der Waals surface area contributed by atoms with Crippen molar-refractivity contribution in [1.29, 1.82) is 0 Å². The van der Waals surface area contributed by atoms with Crippen LogP contribution < -0.4 is 5.32 Å². The van der Waals surface area contributed by atoms with Crippen LogP contribution in [0.5, 0.6) is 0 Å². The van der Waals surface area contributed by atoms with E-state index in [1.54, 1.807) is 0 Å². The summed E-state index contributed by atoms with van der Waals surface area (Å²) in [5.41, 5.74) is 1.23. The minimum Gasteiger partial charge on any atom is -0.346 e. The summed E-state index contributed by atoms with van der Waals surface area (Å²) in [6, 6.07) is 5.44. The number of halogens is 1.